The zero-order valence-electron chi connectivity index (χ0n) is 7.58. The highest BCUT2D eigenvalue weighted by Crippen LogP contribution is 2.15. The fraction of sp³-hybridized carbons (Fsp3) is 0.400. The molecule has 1 aromatic rings. The minimum absolute atomic E-state index is 0.487. The predicted octanol–water partition coefficient (Wildman–Crippen LogP) is 2.20. The Morgan fingerprint density at radius 3 is 2.75 bits per heavy atom. The molecule has 0 aromatic heterocycles. The lowest BCUT2D eigenvalue weighted by Gasteiger charge is -2.06. The van der Waals surface area contributed by atoms with Crippen molar-refractivity contribution in [3.63, 3.8) is 0 Å². The maximum absolute atomic E-state index is 4.99. The molecule has 1 rings (SSSR count). The lowest BCUT2D eigenvalue weighted by atomic mass is 10.0. The summed E-state index contributed by atoms with van der Waals surface area (Å²) >= 11 is 0. The highest BCUT2D eigenvalue weighted by molar-refractivity contribution is 5.25. The SMILES string of the molecule is CC(C)c1cccc(CON)c1. The minimum atomic E-state index is 0.487. The van der Waals surface area contributed by atoms with Crippen LogP contribution in [0.3, 0.4) is 0 Å². The van der Waals surface area contributed by atoms with E-state index in [1.807, 2.05) is 12.1 Å². The van der Waals surface area contributed by atoms with Crippen molar-refractivity contribution in [1.29, 1.82) is 0 Å². The molecule has 0 unspecified atom stereocenters. The van der Waals surface area contributed by atoms with E-state index in [2.05, 4.69) is 30.8 Å². The average Bonchev–Trinajstić information content (AvgIpc) is 2.05. The van der Waals surface area contributed by atoms with Gasteiger partial charge in [-0.2, -0.15) is 0 Å². The molecule has 0 aliphatic carbocycles. The van der Waals surface area contributed by atoms with Crippen LogP contribution in [0.15, 0.2) is 24.3 Å². The van der Waals surface area contributed by atoms with Crippen molar-refractivity contribution in [1.82, 2.24) is 0 Å². The summed E-state index contributed by atoms with van der Waals surface area (Å²) in [7, 11) is 0. The van der Waals surface area contributed by atoms with Crippen LogP contribution < -0.4 is 5.90 Å². The molecule has 66 valence electrons. The number of nitrogens with two attached hydrogens (primary N) is 1. The molecule has 0 atom stereocenters. The van der Waals surface area contributed by atoms with E-state index in [9.17, 15) is 0 Å². The first-order valence-electron chi connectivity index (χ1n) is 4.14. The summed E-state index contributed by atoms with van der Waals surface area (Å²) in [5, 5.41) is 0. The largest absolute Gasteiger partial charge is 0.300 e. The Morgan fingerprint density at radius 1 is 1.42 bits per heavy atom. The summed E-state index contributed by atoms with van der Waals surface area (Å²) < 4.78 is 0. The summed E-state index contributed by atoms with van der Waals surface area (Å²) in [6.45, 7) is 4.82. The van der Waals surface area contributed by atoms with Crippen LogP contribution in [0, 0.1) is 0 Å². The molecule has 0 heterocycles. The van der Waals surface area contributed by atoms with Crippen LogP contribution in [0.25, 0.3) is 0 Å². The Hall–Kier alpha value is -0.860. The van der Waals surface area contributed by atoms with Crippen LogP contribution in [-0.4, -0.2) is 0 Å². The third kappa shape index (κ3) is 2.32. The first kappa shape index (κ1) is 9.23. The van der Waals surface area contributed by atoms with Crippen molar-refractivity contribution in [2.45, 2.75) is 26.4 Å². The zero-order valence-corrected chi connectivity index (χ0v) is 7.58. The second kappa shape index (κ2) is 4.24. The van der Waals surface area contributed by atoms with Crippen LogP contribution in [-0.2, 0) is 11.4 Å². The van der Waals surface area contributed by atoms with Gasteiger partial charge in [-0.25, -0.2) is 5.90 Å². The van der Waals surface area contributed by atoms with Gasteiger partial charge < -0.3 is 0 Å². The van der Waals surface area contributed by atoms with Crippen LogP contribution in [0.5, 0.6) is 0 Å². The van der Waals surface area contributed by atoms with Crippen molar-refractivity contribution >= 4 is 0 Å². The van der Waals surface area contributed by atoms with E-state index < -0.39 is 0 Å². The molecule has 0 spiro atoms. The Kier molecular flexibility index (Phi) is 3.26. The third-order valence-corrected chi connectivity index (χ3v) is 1.87. The van der Waals surface area contributed by atoms with Crippen LogP contribution in [0.2, 0.25) is 0 Å². The molecule has 0 radical (unpaired) electrons. The van der Waals surface area contributed by atoms with Gasteiger partial charge in [0.1, 0.15) is 0 Å². The molecular weight excluding hydrogens is 150 g/mol. The van der Waals surface area contributed by atoms with Gasteiger partial charge in [-0.1, -0.05) is 38.1 Å². The van der Waals surface area contributed by atoms with Gasteiger partial charge in [-0.3, -0.25) is 4.84 Å². The van der Waals surface area contributed by atoms with E-state index in [1.165, 1.54) is 5.56 Å². The molecule has 2 heteroatoms. The Bertz CT molecular complexity index is 245. The van der Waals surface area contributed by atoms with Crippen molar-refractivity contribution in [3.05, 3.63) is 35.4 Å². The van der Waals surface area contributed by atoms with E-state index in [0.717, 1.165) is 5.56 Å². The van der Waals surface area contributed by atoms with E-state index in [0.29, 0.717) is 12.5 Å². The molecule has 0 fully saturated rings. The number of hydrogen-bond donors (Lipinski definition) is 1. The van der Waals surface area contributed by atoms with E-state index in [1.54, 1.807) is 0 Å². The van der Waals surface area contributed by atoms with Gasteiger partial charge in [-0.05, 0) is 17.0 Å². The molecule has 12 heavy (non-hydrogen) atoms. The van der Waals surface area contributed by atoms with E-state index >= 15 is 0 Å². The summed E-state index contributed by atoms with van der Waals surface area (Å²) in [6.07, 6.45) is 0. The quantitative estimate of drug-likeness (QED) is 0.697. The van der Waals surface area contributed by atoms with Crippen LogP contribution in [0.1, 0.15) is 30.9 Å². The summed E-state index contributed by atoms with van der Waals surface area (Å²) in [4.78, 5) is 4.56. The molecule has 0 saturated heterocycles. The molecule has 0 aliphatic rings. The lowest BCUT2D eigenvalue weighted by Crippen LogP contribution is -1.99. The molecule has 0 saturated carbocycles. The van der Waals surface area contributed by atoms with Crippen molar-refractivity contribution in [2.24, 2.45) is 5.90 Å². The van der Waals surface area contributed by atoms with Gasteiger partial charge in [0.15, 0.2) is 0 Å². The first-order chi connectivity index (χ1) is 5.74. The first-order valence-corrected chi connectivity index (χ1v) is 4.14. The van der Waals surface area contributed by atoms with Gasteiger partial charge in [0.05, 0.1) is 6.61 Å². The monoisotopic (exact) mass is 165 g/mol. The van der Waals surface area contributed by atoms with Gasteiger partial charge in [-0.15, -0.1) is 0 Å². The zero-order chi connectivity index (χ0) is 8.97. The highest BCUT2D eigenvalue weighted by Gasteiger charge is 1.99. The summed E-state index contributed by atoms with van der Waals surface area (Å²) in [5.41, 5.74) is 2.45. The highest BCUT2D eigenvalue weighted by atomic mass is 16.6. The van der Waals surface area contributed by atoms with Crippen LogP contribution in [0.4, 0.5) is 0 Å². The van der Waals surface area contributed by atoms with Gasteiger partial charge in [0.25, 0.3) is 0 Å². The molecule has 2 nitrogen and oxygen atoms in total. The van der Waals surface area contributed by atoms with Crippen molar-refractivity contribution in [3.8, 4) is 0 Å². The third-order valence-electron chi connectivity index (χ3n) is 1.87. The van der Waals surface area contributed by atoms with E-state index in [-0.39, 0.29) is 0 Å². The normalized spacial score (nSPS) is 10.7. The van der Waals surface area contributed by atoms with Crippen LogP contribution >= 0.6 is 0 Å². The number of rotatable bonds is 3. The smallest absolute Gasteiger partial charge is 0.0930 e. The molecular formula is C10H15NO. The summed E-state index contributed by atoms with van der Waals surface area (Å²) in [6, 6.07) is 8.28. The molecule has 0 amide bonds. The fourth-order valence-corrected chi connectivity index (χ4v) is 1.14. The van der Waals surface area contributed by atoms with Gasteiger partial charge in [0.2, 0.25) is 0 Å². The Morgan fingerprint density at radius 2 is 2.17 bits per heavy atom. The Balaban J connectivity index is 2.81. The average molecular weight is 165 g/mol. The number of benzene rings is 1. The van der Waals surface area contributed by atoms with Gasteiger partial charge >= 0.3 is 0 Å². The molecule has 0 bridgehead atoms. The predicted molar refractivity (Wildman–Crippen MR) is 49.5 cm³/mol. The minimum Gasteiger partial charge on any atom is -0.300 e. The molecule has 0 aliphatic heterocycles. The van der Waals surface area contributed by atoms with Crippen molar-refractivity contribution in [2.75, 3.05) is 0 Å². The lowest BCUT2D eigenvalue weighted by molar-refractivity contribution is 0.124. The maximum Gasteiger partial charge on any atom is 0.0930 e. The second-order valence-electron chi connectivity index (χ2n) is 3.21. The fourth-order valence-electron chi connectivity index (χ4n) is 1.14. The molecule has 2 N–H and O–H groups in total. The van der Waals surface area contributed by atoms with Gasteiger partial charge in [0, 0.05) is 0 Å². The Labute approximate surface area is 73.3 Å². The summed E-state index contributed by atoms with van der Waals surface area (Å²) in [5.74, 6) is 5.54. The van der Waals surface area contributed by atoms with E-state index in [4.69, 9.17) is 5.90 Å². The standard InChI is InChI=1S/C10H15NO/c1-8(2)10-5-3-4-9(6-10)7-12-11/h3-6,8H,7,11H2,1-2H3. The maximum atomic E-state index is 4.99. The second-order valence-corrected chi connectivity index (χ2v) is 3.21. The van der Waals surface area contributed by atoms with Crippen molar-refractivity contribution < 1.29 is 4.84 Å². The molecule has 1 aromatic carbocycles. The number of hydrogen-bond acceptors (Lipinski definition) is 2. The topological polar surface area (TPSA) is 35.2 Å².